The van der Waals surface area contributed by atoms with Crippen LogP contribution in [0.2, 0.25) is 0 Å². The summed E-state index contributed by atoms with van der Waals surface area (Å²) in [6.45, 7) is 3.81. The van der Waals surface area contributed by atoms with Crippen molar-refractivity contribution < 1.29 is 19.4 Å². The molecule has 0 radical (unpaired) electrons. The molecule has 0 saturated carbocycles. The third-order valence-electron chi connectivity index (χ3n) is 4.71. The Kier molecular flexibility index (Phi) is 6.71. The number of allylic oxidation sites excluding steroid dienone is 1. The van der Waals surface area contributed by atoms with E-state index in [0.29, 0.717) is 24.0 Å². The summed E-state index contributed by atoms with van der Waals surface area (Å²) in [5.41, 5.74) is 0. The van der Waals surface area contributed by atoms with Crippen LogP contribution in [0, 0.1) is 11.8 Å². The van der Waals surface area contributed by atoms with Gasteiger partial charge in [0, 0.05) is 18.6 Å². The van der Waals surface area contributed by atoms with Gasteiger partial charge in [0.25, 0.3) is 0 Å². The molecule has 0 aliphatic carbocycles. The van der Waals surface area contributed by atoms with Crippen LogP contribution in [-0.2, 0) is 14.3 Å². The van der Waals surface area contributed by atoms with Crippen molar-refractivity contribution in [3.63, 3.8) is 0 Å². The smallest absolute Gasteiger partial charge is 0.327 e. The van der Waals surface area contributed by atoms with Crippen LogP contribution < -0.4 is 0 Å². The fourth-order valence-electron chi connectivity index (χ4n) is 3.60. The maximum Gasteiger partial charge on any atom is 0.327 e. The highest BCUT2D eigenvalue weighted by molar-refractivity contribution is 5.79. The highest BCUT2D eigenvalue weighted by atomic mass is 16.5. The molecule has 2 fully saturated rings. The Morgan fingerprint density at radius 3 is 2.71 bits per heavy atom. The molecule has 1 N–H and O–H groups in total. The number of carboxylic acid groups (broad SMARTS) is 1. The maximum atomic E-state index is 10.6. The van der Waals surface area contributed by atoms with Crippen molar-refractivity contribution in [2.45, 2.75) is 64.1 Å². The first-order valence-electron chi connectivity index (χ1n) is 8.35. The number of rotatable bonds is 10. The summed E-state index contributed by atoms with van der Waals surface area (Å²) >= 11 is 0. The normalized spacial score (nSPS) is 31.3. The zero-order valence-corrected chi connectivity index (χ0v) is 13.0. The van der Waals surface area contributed by atoms with Crippen molar-refractivity contribution in [1.29, 1.82) is 0 Å². The van der Waals surface area contributed by atoms with Crippen molar-refractivity contribution in [2.24, 2.45) is 11.8 Å². The molecule has 2 heterocycles. The predicted molar refractivity (Wildman–Crippen MR) is 81.2 cm³/mol. The van der Waals surface area contributed by atoms with E-state index in [0.717, 1.165) is 38.9 Å². The number of carbonyl (C=O) groups is 1. The van der Waals surface area contributed by atoms with E-state index in [9.17, 15) is 4.79 Å². The minimum absolute atomic E-state index is 0.308. The average molecular weight is 296 g/mol. The van der Waals surface area contributed by atoms with E-state index in [1.165, 1.54) is 25.3 Å². The molecule has 0 amide bonds. The van der Waals surface area contributed by atoms with Crippen LogP contribution in [0.15, 0.2) is 12.2 Å². The SMILES string of the molecule is CCCCCCOC[C@@H]1[C@H](C/C=C/C(=O)O)[C@@H]2CC[C@H]1O2. The first kappa shape index (κ1) is 16.5. The zero-order valence-electron chi connectivity index (χ0n) is 13.0. The van der Waals surface area contributed by atoms with Crippen LogP contribution >= 0.6 is 0 Å². The molecule has 2 rings (SSSR count). The van der Waals surface area contributed by atoms with E-state index >= 15 is 0 Å². The first-order valence-corrected chi connectivity index (χ1v) is 8.35. The maximum absolute atomic E-state index is 10.6. The number of hydrogen-bond donors (Lipinski definition) is 1. The number of unbranched alkanes of at least 4 members (excludes halogenated alkanes) is 3. The molecule has 0 unspecified atom stereocenters. The number of aliphatic carboxylic acids is 1. The van der Waals surface area contributed by atoms with Crippen LogP contribution in [0.25, 0.3) is 0 Å². The fourth-order valence-corrected chi connectivity index (χ4v) is 3.60. The summed E-state index contributed by atoms with van der Waals surface area (Å²) in [5, 5.41) is 8.69. The molecule has 0 aromatic carbocycles. The summed E-state index contributed by atoms with van der Waals surface area (Å²) in [6.07, 6.45) is 11.6. The Morgan fingerprint density at radius 2 is 2.00 bits per heavy atom. The summed E-state index contributed by atoms with van der Waals surface area (Å²) in [4.78, 5) is 10.6. The second-order valence-corrected chi connectivity index (χ2v) is 6.23. The van der Waals surface area contributed by atoms with Crippen molar-refractivity contribution >= 4 is 5.97 Å². The van der Waals surface area contributed by atoms with E-state index in [1.54, 1.807) is 6.08 Å². The average Bonchev–Trinajstić information content (AvgIpc) is 3.04. The van der Waals surface area contributed by atoms with Gasteiger partial charge in [0.2, 0.25) is 0 Å². The Bertz CT molecular complexity index is 353. The van der Waals surface area contributed by atoms with Gasteiger partial charge in [-0.25, -0.2) is 4.79 Å². The van der Waals surface area contributed by atoms with Crippen LogP contribution in [0.5, 0.6) is 0 Å². The van der Waals surface area contributed by atoms with E-state index in [4.69, 9.17) is 14.6 Å². The lowest BCUT2D eigenvalue weighted by Gasteiger charge is -2.27. The van der Waals surface area contributed by atoms with Gasteiger partial charge in [-0.1, -0.05) is 32.3 Å². The molecule has 21 heavy (non-hydrogen) atoms. The number of fused-ring (bicyclic) bond motifs is 2. The number of carboxylic acids is 1. The van der Waals surface area contributed by atoms with Crippen molar-refractivity contribution in [1.82, 2.24) is 0 Å². The molecule has 0 aromatic rings. The molecular weight excluding hydrogens is 268 g/mol. The summed E-state index contributed by atoms with van der Waals surface area (Å²) in [5.74, 6) is -0.00818. The molecule has 0 aromatic heterocycles. The quantitative estimate of drug-likeness (QED) is 0.496. The summed E-state index contributed by atoms with van der Waals surface area (Å²) < 4.78 is 11.8. The fraction of sp³-hybridized carbons (Fsp3) is 0.824. The Balaban J connectivity index is 1.72. The van der Waals surface area contributed by atoms with Crippen molar-refractivity contribution in [2.75, 3.05) is 13.2 Å². The lowest BCUT2D eigenvalue weighted by atomic mass is 9.78. The Hall–Kier alpha value is -0.870. The third-order valence-corrected chi connectivity index (χ3v) is 4.71. The van der Waals surface area contributed by atoms with Gasteiger partial charge in [0.1, 0.15) is 0 Å². The van der Waals surface area contributed by atoms with Crippen LogP contribution in [-0.4, -0.2) is 36.5 Å². The van der Waals surface area contributed by atoms with Gasteiger partial charge in [-0.15, -0.1) is 0 Å². The lowest BCUT2D eigenvalue weighted by Crippen LogP contribution is -2.30. The molecular formula is C17H28O4. The molecule has 2 saturated heterocycles. The highest BCUT2D eigenvalue weighted by Gasteiger charge is 2.48. The Labute approximate surface area is 127 Å². The van der Waals surface area contributed by atoms with Crippen molar-refractivity contribution in [3.8, 4) is 0 Å². The van der Waals surface area contributed by atoms with Gasteiger partial charge in [0.15, 0.2) is 0 Å². The van der Waals surface area contributed by atoms with E-state index in [2.05, 4.69) is 6.92 Å². The van der Waals surface area contributed by atoms with E-state index in [1.807, 2.05) is 0 Å². The van der Waals surface area contributed by atoms with Crippen molar-refractivity contribution in [3.05, 3.63) is 12.2 Å². The van der Waals surface area contributed by atoms with Gasteiger partial charge in [-0.05, 0) is 31.6 Å². The molecule has 4 atom stereocenters. The monoisotopic (exact) mass is 296 g/mol. The minimum atomic E-state index is -0.872. The largest absolute Gasteiger partial charge is 0.478 e. The molecule has 120 valence electrons. The predicted octanol–water partition coefficient (Wildman–Crippen LogP) is 3.41. The van der Waals surface area contributed by atoms with Gasteiger partial charge >= 0.3 is 5.97 Å². The number of ether oxygens (including phenoxy) is 2. The summed E-state index contributed by atoms with van der Waals surface area (Å²) in [7, 11) is 0. The Morgan fingerprint density at radius 1 is 1.24 bits per heavy atom. The molecule has 4 heteroatoms. The summed E-state index contributed by atoms with van der Waals surface area (Å²) in [6, 6.07) is 0. The molecule has 2 aliphatic heterocycles. The zero-order chi connectivity index (χ0) is 15.1. The number of hydrogen-bond acceptors (Lipinski definition) is 3. The standard InChI is InChI=1S/C17H28O4/c1-2-3-4-5-11-20-12-14-13(7-6-8-17(18)19)15-9-10-16(14)21-15/h6,8,13-16H,2-5,7,9-12H2,1H3,(H,18,19)/b8-6+/t13-,14+,15-,16+/m0/s1. The third kappa shape index (κ3) is 4.82. The first-order chi connectivity index (χ1) is 10.2. The minimum Gasteiger partial charge on any atom is -0.478 e. The molecule has 4 nitrogen and oxygen atoms in total. The van der Waals surface area contributed by atoms with Crippen LogP contribution in [0.4, 0.5) is 0 Å². The van der Waals surface area contributed by atoms with Gasteiger partial charge < -0.3 is 14.6 Å². The van der Waals surface area contributed by atoms with E-state index in [-0.39, 0.29) is 0 Å². The molecule has 2 bridgehead atoms. The van der Waals surface area contributed by atoms with Crippen LogP contribution in [0.3, 0.4) is 0 Å². The lowest BCUT2D eigenvalue weighted by molar-refractivity contribution is -0.131. The molecule has 2 aliphatic rings. The van der Waals surface area contributed by atoms with E-state index < -0.39 is 5.97 Å². The molecule has 0 spiro atoms. The van der Waals surface area contributed by atoms with Gasteiger partial charge in [-0.3, -0.25) is 0 Å². The van der Waals surface area contributed by atoms with Gasteiger partial charge in [0.05, 0.1) is 18.8 Å². The topological polar surface area (TPSA) is 55.8 Å². The second kappa shape index (κ2) is 8.54. The van der Waals surface area contributed by atoms with Crippen LogP contribution in [0.1, 0.15) is 51.9 Å². The van der Waals surface area contributed by atoms with Gasteiger partial charge in [-0.2, -0.15) is 0 Å². The highest BCUT2D eigenvalue weighted by Crippen LogP contribution is 2.45. The second-order valence-electron chi connectivity index (χ2n) is 6.23.